The standard InChI is InChI=1S/C26H35NO4.C7H6O2.C2H4O/c1-25(2,3)19-13-18(14-20(24(19)28)26(4,5)6)23(27-9-11-29-12-10-27)17-7-8-21-22(15-17)31-16-30-21;1-2-4-7-6(3-1)8-5-9-7;1-2-3/h7-8,13-15,23,28H,9-12,16H2,1-6H3;1-4H,5H2;2H,1H3. The summed E-state index contributed by atoms with van der Waals surface area (Å²) in [4.78, 5) is 11.3. The molecule has 3 aromatic rings. The molecule has 3 aliphatic heterocycles. The Morgan fingerprint density at radius 2 is 1.19 bits per heavy atom. The number of para-hydroxylation sites is 2. The van der Waals surface area contributed by atoms with Gasteiger partial charge in [-0.3, -0.25) is 4.90 Å². The molecule has 6 rings (SSSR count). The zero-order valence-corrected chi connectivity index (χ0v) is 26.4. The molecule has 1 N–H and O–H groups in total. The van der Waals surface area contributed by atoms with Gasteiger partial charge in [0.05, 0.1) is 19.3 Å². The minimum Gasteiger partial charge on any atom is -0.507 e. The zero-order chi connectivity index (χ0) is 31.2. The van der Waals surface area contributed by atoms with Gasteiger partial charge in [0, 0.05) is 13.1 Å². The maximum absolute atomic E-state index is 11.2. The Morgan fingerprint density at radius 3 is 1.67 bits per heavy atom. The van der Waals surface area contributed by atoms with E-state index in [4.69, 9.17) is 28.5 Å². The summed E-state index contributed by atoms with van der Waals surface area (Å²) in [6.07, 6.45) is 0.750. The molecule has 1 unspecified atom stereocenters. The number of carbonyl (C=O) groups is 1. The number of benzene rings is 3. The van der Waals surface area contributed by atoms with Crippen molar-refractivity contribution in [1.82, 2.24) is 4.90 Å². The van der Waals surface area contributed by atoms with E-state index in [1.54, 1.807) is 0 Å². The number of fused-ring (bicyclic) bond motifs is 2. The smallest absolute Gasteiger partial charge is 0.231 e. The van der Waals surface area contributed by atoms with E-state index in [0.29, 0.717) is 12.5 Å². The summed E-state index contributed by atoms with van der Waals surface area (Å²) in [7, 11) is 0. The van der Waals surface area contributed by atoms with Gasteiger partial charge in [0.1, 0.15) is 12.0 Å². The van der Waals surface area contributed by atoms with Gasteiger partial charge in [0.15, 0.2) is 23.0 Å². The van der Waals surface area contributed by atoms with Crippen LogP contribution in [0.1, 0.15) is 76.8 Å². The largest absolute Gasteiger partial charge is 0.507 e. The summed E-state index contributed by atoms with van der Waals surface area (Å²) in [5.41, 5.74) is 3.96. The van der Waals surface area contributed by atoms with Crippen molar-refractivity contribution in [2.45, 2.75) is 65.3 Å². The van der Waals surface area contributed by atoms with Gasteiger partial charge in [-0.1, -0.05) is 59.7 Å². The predicted molar refractivity (Wildman–Crippen MR) is 167 cm³/mol. The van der Waals surface area contributed by atoms with Crippen LogP contribution < -0.4 is 18.9 Å². The molecule has 0 spiro atoms. The van der Waals surface area contributed by atoms with E-state index >= 15 is 0 Å². The van der Waals surface area contributed by atoms with Gasteiger partial charge in [-0.05, 0) is 76.4 Å². The Balaban J connectivity index is 0.000000292. The van der Waals surface area contributed by atoms with Crippen LogP contribution in [0.3, 0.4) is 0 Å². The van der Waals surface area contributed by atoms with Crippen LogP contribution in [0.4, 0.5) is 0 Å². The van der Waals surface area contributed by atoms with Crippen LogP contribution in [0, 0.1) is 0 Å². The van der Waals surface area contributed by atoms with Gasteiger partial charge >= 0.3 is 0 Å². The number of hydrogen-bond acceptors (Lipinski definition) is 8. The molecule has 0 aliphatic carbocycles. The fourth-order valence-electron chi connectivity index (χ4n) is 5.34. The van der Waals surface area contributed by atoms with Crippen molar-refractivity contribution >= 4 is 6.29 Å². The van der Waals surface area contributed by atoms with Crippen LogP contribution in [-0.2, 0) is 20.4 Å². The topological polar surface area (TPSA) is 86.7 Å². The number of phenolic OH excluding ortho intramolecular Hbond substituents is 1. The average Bonchev–Trinajstić information content (AvgIpc) is 3.63. The normalized spacial score (nSPS) is 16.3. The minimum absolute atomic E-state index is 0.0428. The summed E-state index contributed by atoms with van der Waals surface area (Å²) < 4.78 is 27.0. The molecule has 3 aliphatic rings. The first-order valence-corrected chi connectivity index (χ1v) is 14.8. The summed E-state index contributed by atoms with van der Waals surface area (Å²) in [5, 5.41) is 11.2. The van der Waals surface area contributed by atoms with Crippen molar-refractivity contribution in [3.63, 3.8) is 0 Å². The number of rotatable bonds is 3. The quantitative estimate of drug-likeness (QED) is 0.335. The van der Waals surface area contributed by atoms with Crippen LogP contribution in [0.25, 0.3) is 0 Å². The molecule has 3 heterocycles. The molecule has 43 heavy (non-hydrogen) atoms. The highest BCUT2D eigenvalue weighted by Crippen LogP contribution is 2.44. The van der Waals surface area contributed by atoms with Gasteiger partial charge in [0.2, 0.25) is 13.6 Å². The van der Waals surface area contributed by atoms with Crippen molar-refractivity contribution in [1.29, 1.82) is 0 Å². The Labute approximate surface area is 255 Å². The first kappa shape index (κ1) is 32.2. The fourth-order valence-corrected chi connectivity index (χ4v) is 5.34. The summed E-state index contributed by atoms with van der Waals surface area (Å²) >= 11 is 0. The van der Waals surface area contributed by atoms with Crippen molar-refractivity contribution in [3.05, 3.63) is 76.9 Å². The number of aromatic hydroxyl groups is 1. The Morgan fingerprint density at radius 1 is 0.721 bits per heavy atom. The summed E-state index contributed by atoms with van der Waals surface area (Å²) in [6.45, 7) is 18.2. The Bertz CT molecular complexity index is 1330. The first-order chi connectivity index (χ1) is 20.4. The van der Waals surface area contributed by atoms with Crippen molar-refractivity contribution in [2.75, 3.05) is 39.9 Å². The van der Waals surface area contributed by atoms with E-state index in [1.807, 2.05) is 30.3 Å². The average molecular weight is 592 g/mol. The second-order valence-corrected chi connectivity index (χ2v) is 12.7. The molecule has 0 saturated carbocycles. The van der Waals surface area contributed by atoms with Gasteiger partial charge in [0.25, 0.3) is 0 Å². The van der Waals surface area contributed by atoms with Gasteiger partial charge in [-0.2, -0.15) is 0 Å². The second-order valence-electron chi connectivity index (χ2n) is 12.7. The lowest BCUT2D eigenvalue weighted by molar-refractivity contribution is -0.106. The molecular formula is C35H45NO7. The van der Waals surface area contributed by atoms with E-state index in [2.05, 4.69) is 70.7 Å². The molecule has 232 valence electrons. The number of ether oxygens (including phenoxy) is 5. The third-order valence-electron chi connectivity index (χ3n) is 7.47. The van der Waals surface area contributed by atoms with Crippen LogP contribution in [0.5, 0.6) is 28.7 Å². The molecule has 1 fully saturated rings. The number of nitrogens with zero attached hydrogens (tertiary/aromatic N) is 1. The van der Waals surface area contributed by atoms with Crippen LogP contribution >= 0.6 is 0 Å². The number of morpholine rings is 1. The maximum atomic E-state index is 11.2. The SMILES string of the molecule is CC(C)(C)c1cc(C(c2ccc3c(c2)OCO3)N2CCOCC2)cc(C(C)(C)C)c1O.CC=O.c1ccc2c(c1)OCO2. The third kappa shape index (κ3) is 7.80. The highest BCUT2D eigenvalue weighted by molar-refractivity contribution is 5.53. The van der Waals surface area contributed by atoms with Crippen molar-refractivity contribution in [3.8, 4) is 28.7 Å². The molecule has 0 radical (unpaired) electrons. The molecule has 1 atom stereocenters. The van der Waals surface area contributed by atoms with Gasteiger partial charge in [-0.15, -0.1) is 0 Å². The van der Waals surface area contributed by atoms with Crippen LogP contribution in [0.15, 0.2) is 54.6 Å². The van der Waals surface area contributed by atoms with E-state index in [-0.39, 0.29) is 23.7 Å². The van der Waals surface area contributed by atoms with E-state index in [9.17, 15) is 5.11 Å². The van der Waals surface area contributed by atoms with Gasteiger partial charge < -0.3 is 33.6 Å². The highest BCUT2D eigenvalue weighted by Gasteiger charge is 2.32. The van der Waals surface area contributed by atoms with Crippen LogP contribution in [0.2, 0.25) is 0 Å². The number of carbonyl (C=O) groups excluding carboxylic acids is 1. The van der Waals surface area contributed by atoms with Crippen molar-refractivity contribution in [2.24, 2.45) is 0 Å². The molecule has 0 aromatic heterocycles. The van der Waals surface area contributed by atoms with Gasteiger partial charge in [-0.25, -0.2) is 0 Å². The number of hydrogen-bond donors (Lipinski definition) is 1. The van der Waals surface area contributed by atoms with E-state index in [0.717, 1.165) is 72.3 Å². The molecule has 0 amide bonds. The predicted octanol–water partition coefficient (Wildman–Crippen LogP) is 6.76. The lowest BCUT2D eigenvalue weighted by atomic mass is 9.77. The third-order valence-corrected chi connectivity index (χ3v) is 7.47. The second kappa shape index (κ2) is 13.7. The van der Waals surface area contributed by atoms with E-state index in [1.165, 1.54) is 12.5 Å². The Hall–Kier alpha value is -3.75. The maximum Gasteiger partial charge on any atom is 0.231 e. The van der Waals surface area contributed by atoms with Crippen LogP contribution in [-0.4, -0.2) is 56.2 Å². The minimum atomic E-state index is -0.176. The Kier molecular flexibility index (Phi) is 10.2. The number of phenols is 1. The summed E-state index contributed by atoms with van der Waals surface area (Å²) in [5.74, 6) is 3.69. The highest BCUT2D eigenvalue weighted by atomic mass is 16.7. The molecule has 8 nitrogen and oxygen atoms in total. The first-order valence-electron chi connectivity index (χ1n) is 14.8. The fraction of sp³-hybridized carbons (Fsp3) is 0.457. The molecule has 3 aromatic carbocycles. The zero-order valence-electron chi connectivity index (χ0n) is 26.4. The molecule has 8 heteroatoms. The lowest BCUT2D eigenvalue weighted by Gasteiger charge is -2.37. The summed E-state index contributed by atoms with van der Waals surface area (Å²) in [6, 6.07) is 18.3. The number of aldehydes is 1. The van der Waals surface area contributed by atoms with Crippen molar-refractivity contribution < 1.29 is 33.6 Å². The monoisotopic (exact) mass is 591 g/mol. The molecule has 0 bridgehead atoms. The molecule has 1 saturated heterocycles. The molecular weight excluding hydrogens is 546 g/mol. The van der Waals surface area contributed by atoms with E-state index < -0.39 is 0 Å². The lowest BCUT2D eigenvalue weighted by Crippen LogP contribution is -2.39.